The summed E-state index contributed by atoms with van der Waals surface area (Å²) in [5.41, 5.74) is 0.504. The zero-order chi connectivity index (χ0) is 21.3. The van der Waals surface area contributed by atoms with Crippen molar-refractivity contribution in [1.82, 2.24) is 0 Å². The normalized spacial score (nSPS) is 9.53. The second-order valence-corrected chi connectivity index (χ2v) is 5.69. The molecule has 0 bridgehead atoms. The minimum Gasteiger partial charge on any atom is -0.423 e. The predicted octanol–water partition coefficient (Wildman–Crippen LogP) is 3.84. The van der Waals surface area contributed by atoms with Gasteiger partial charge >= 0.3 is 11.9 Å². The van der Waals surface area contributed by atoms with Crippen molar-refractivity contribution >= 4 is 11.9 Å². The van der Waals surface area contributed by atoms with Crippen molar-refractivity contribution in [3.05, 3.63) is 83.9 Å². The number of ether oxygens (including phenoxy) is 4. The molecule has 3 aromatic carbocycles. The van der Waals surface area contributed by atoms with Crippen molar-refractivity contribution in [1.29, 1.82) is 10.5 Å². The predicted molar refractivity (Wildman–Crippen MR) is 102 cm³/mol. The molecule has 3 aromatic rings. The number of hydrogen-bond acceptors (Lipinski definition) is 8. The zero-order valence-corrected chi connectivity index (χ0v) is 15.3. The zero-order valence-electron chi connectivity index (χ0n) is 15.3. The topological polar surface area (TPSA) is 119 Å². The number of carbonyl (C=O) groups is 2. The quantitative estimate of drug-likeness (QED) is 0.348. The van der Waals surface area contributed by atoms with E-state index in [1.165, 1.54) is 79.2 Å². The minimum absolute atomic E-state index is 0.181. The Morgan fingerprint density at radius 1 is 0.600 bits per heavy atom. The molecule has 0 aliphatic rings. The molecule has 8 nitrogen and oxygen atoms in total. The van der Waals surface area contributed by atoms with Crippen molar-refractivity contribution in [3.8, 4) is 35.5 Å². The molecule has 0 fully saturated rings. The van der Waals surface area contributed by atoms with E-state index >= 15 is 0 Å². The molecule has 0 saturated carbocycles. The van der Waals surface area contributed by atoms with Gasteiger partial charge in [0.15, 0.2) is 0 Å². The third-order valence-electron chi connectivity index (χ3n) is 3.73. The second kappa shape index (κ2) is 9.40. The van der Waals surface area contributed by atoms with Crippen LogP contribution in [0, 0.1) is 23.0 Å². The first-order chi connectivity index (χ1) is 14.6. The third kappa shape index (κ3) is 5.12. The smallest absolute Gasteiger partial charge is 0.343 e. The SMILES string of the molecule is N#COc1ccc(C(=O)Oc2cccc(OC(=O)c3ccc(OC#N)cc3)c2)cc1. The Morgan fingerprint density at radius 2 is 1.00 bits per heavy atom. The summed E-state index contributed by atoms with van der Waals surface area (Å²) in [6.07, 6.45) is 3.08. The van der Waals surface area contributed by atoms with Gasteiger partial charge in [-0.1, -0.05) is 6.07 Å². The van der Waals surface area contributed by atoms with E-state index in [1.54, 1.807) is 6.07 Å². The van der Waals surface area contributed by atoms with Gasteiger partial charge in [-0.2, -0.15) is 0 Å². The summed E-state index contributed by atoms with van der Waals surface area (Å²) in [5, 5.41) is 16.9. The number of carbonyl (C=O) groups excluding carboxylic acids is 2. The summed E-state index contributed by atoms with van der Waals surface area (Å²) in [6.45, 7) is 0. The van der Waals surface area contributed by atoms with Gasteiger partial charge < -0.3 is 18.9 Å². The summed E-state index contributed by atoms with van der Waals surface area (Å²) < 4.78 is 19.9. The van der Waals surface area contributed by atoms with Crippen LogP contribution in [0.1, 0.15) is 20.7 Å². The fourth-order valence-electron chi connectivity index (χ4n) is 2.36. The molecule has 30 heavy (non-hydrogen) atoms. The van der Waals surface area contributed by atoms with Crippen LogP contribution < -0.4 is 18.9 Å². The lowest BCUT2D eigenvalue weighted by atomic mass is 10.2. The maximum atomic E-state index is 12.3. The summed E-state index contributed by atoms with van der Waals surface area (Å²) in [6, 6.07) is 17.7. The molecule has 0 aromatic heterocycles. The highest BCUT2D eigenvalue weighted by Crippen LogP contribution is 2.22. The molecular formula is C22H12N2O6. The number of benzene rings is 3. The maximum Gasteiger partial charge on any atom is 0.343 e. The van der Waals surface area contributed by atoms with Crippen LogP contribution in [0.15, 0.2) is 72.8 Å². The van der Waals surface area contributed by atoms with Crippen LogP contribution >= 0.6 is 0 Å². The van der Waals surface area contributed by atoms with Crippen LogP contribution in [-0.2, 0) is 0 Å². The van der Waals surface area contributed by atoms with Crippen LogP contribution in [0.3, 0.4) is 0 Å². The fraction of sp³-hybridized carbons (Fsp3) is 0. The number of hydrogen-bond donors (Lipinski definition) is 0. The molecule has 0 spiro atoms. The van der Waals surface area contributed by atoms with Crippen LogP contribution in [0.2, 0.25) is 0 Å². The molecule has 0 amide bonds. The van der Waals surface area contributed by atoms with E-state index in [0.29, 0.717) is 11.5 Å². The Hall–Kier alpha value is -4.82. The molecule has 0 atom stereocenters. The van der Waals surface area contributed by atoms with Gasteiger partial charge in [0.25, 0.3) is 12.5 Å². The standard InChI is InChI=1S/C22H12N2O6/c23-13-27-17-8-4-15(5-9-17)21(25)29-19-2-1-3-20(12-19)30-22(26)16-6-10-18(11-7-16)28-14-24/h1-12H. The van der Waals surface area contributed by atoms with Crippen LogP contribution in [0.25, 0.3) is 0 Å². The average molecular weight is 400 g/mol. The Morgan fingerprint density at radius 3 is 1.37 bits per heavy atom. The van der Waals surface area contributed by atoms with Gasteiger partial charge in [0.05, 0.1) is 11.1 Å². The van der Waals surface area contributed by atoms with Gasteiger partial charge in [0, 0.05) is 6.07 Å². The number of rotatable bonds is 6. The molecule has 0 unspecified atom stereocenters. The van der Waals surface area contributed by atoms with Gasteiger partial charge in [-0.15, -0.1) is 10.5 Å². The lowest BCUT2D eigenvalue weighted by Crippen LogP contribution is -2.10. The van der Waals surface area contributed by atoms with Gasteiger partial charge in [-0.25, -0.2) is 9.59 Å². The van der Waals surface area contributed by atoms with Crippen LogP contribution in [-0.4, -0.2) is 11.9 Å². The highest BCUT2D eigenvalue weighted by molar-refractivity contribution is 5.92. The largest absolute Gasteiger partial charge is 0.423 e. The molecule has 146 valence electrons. The fourth-order valence-corrected chi connectivity index (χ4v) is 2.36. The Bertz CT molecular complexity index is 1050. The van der Waals surface area contributed by atoms with E-state index in [1.807, 2.05) is 0 Å². The number of nitrogens with zero attached hydrogens (tertiary/aromatic N) is 2. The summed E-state index contributed by atoms with van der Waals surface area (Å²) in [7, 11) is 0. The van der Waals surface area contributed by atoms with Gasteiger partial charge in [-0.05, 0) is 60.7 Å². The van der Waals surface area contributed by atoms with Crippen LogP contribution in [0.4, 0.5) is 0 Å². The van der Waals surface area contributed by atoms with E-state index in [-0.39, 0.29) is 22.6 Å². The Balaban J connectivity index is 1.65. The molecule has 0 heterocycles. The molecule has 0 saturated heterocycles. The first-order valence-corrected chi connectivity index (χ1v) is 8.45. The summed E-state index contributed by atoms with van der Waals surface area (Å²) >= 11 is 0. The van der Waals surface area contributed by atoms with E-state index in [4.69, 9.17) is 20.0 Å². The van der Waals surface area contributed by atoms with Crippen molar-refractivity contribution in [2.45, 2.75) is 0 Å². The highest BCUT2D eigenvalue weighted by atomic mass is 16.5. The molecule has 0 aliphatic heterocycles. The molecule has 0 radical (unpaired) electrons. The molecule has 3 rings (SSSR count). The minimum atomic E-state index is -0.630. The maximum absolute atomic E-state index is 12.3. The van der Waals surface area contributed by atoms with Gasteiger partial charge in [0.2, 0.25) is 0 Å². The first-order valence-electron chi connectivity index (χ1n) is 8.45. The van der Waals surface area contributed by atoms with Gasteiger partial charge in [-0.3, -0.25) is 0 Å². The summed E-state index contributed by atoms with van der Waals surface area (Å²) in [5.74, 6) is -0.295. The van der Waals surface area contributed by atoms with E-state index in [2.05, 4.69) is 9.47 Å². The average Bonchev–Trinajstić information content (AvgIpc) is 2.75. The van der Waals surface area contributed by atoms with Gasteiger partial charge in [0.1, 0.15) is 23.0 Å². The van der Waals surface area contributed by atoms with Crippen LogP contribution in [0.5, 0.6) is 23.0 Å². The van der Waals surface area contributed by atoms with E-state index in [0.717, 1.165) is 0 Å². The number of esters is 2. The molecule has 0 N–H and O–H groups in total. The first kappa shape index (κ1) is 19.9. The lowest BCUT2D eigenvalue weighted by molar-refractivity contribution is 0.0733. The second-order valence-electron chi connectivity index (χ2n) is 5.69. The van der Waals surface area contributed by atoms with Crippen molar-refractivity contribution in [2.75, 3.05) is 0 Å². The monoisotopic (exact) mass is 400 g/mol. The highest BCUT2D eigenvalue weighted by Gasteiger charge is 2.12. The Kier molecular flexibility index (Phi) is 6.24. The van der Waals surface area contributed by atoms with Crippen molar-refractivity contribution < 1.29 is 28.5 Å². The molecule has 0 aliphatic carbocycles. The molecular weight excluding hydrogens is 388 g/mol. The van der Waals surface area contributed by atoms with Crippen molar-refractivity contribution in [3.63, 3.8) is 0 Å². The summed E-state index contributed by atoms with van der Waals surface area (Å²) in [4.78, 5) is 24.5. The molecule has 8 heteroatoms. The number of nitriles is 2. The van der Waals surface area contributed by atoms with E-state index in [9.17, 15) is 9.59 Å². The van der Waals surface area contributed by atoms with Crippen molar-refractivity contribution in [2.24, 2.45) is 0 Å². The van der Waals surface area contributed by atoms with E-state index < -0.39 is 11.9 Å². The lowest BCUT2D eigenvalue weighted by Gasteiger charge is -2.08. The Labute approximate surface area is 171 Å². The third-order valence-corrected chi connectivity index (χ3v) is 3.73.